The zero-order valence-corrected chi connectivity index (χ0v) is 17.7. The van der Waals surface area contributed by atoms with Crippen molar-refractivity contribution in [2.75, 3.05) is 13.7 Å². The van der Waals surface area contributed by atoms with Crippen LogP contribution < -0.4 is 10.1 Å². The number of hydrogen-bond acceptors (Lipinski definition) is 5. The third-order valence-electron chi connectivity index (χ3n) is 4.56. The number of nitrogens with one attached hydrogen (secondary N) is 1. The highest BCUT2D eigenvalue weighted by atomic mass is 32.1. The number of thiazole rings is 1. The van der Waals surface area contributed by atoms with Crippen LogP contribution in [0.1, 0.15) is 47.8 Å². The van der Waals surface area contributed by atoms with Gasteiger partial charge in [-0.2, -0.15) is 0 Å². The van der Waals surface area contributed by atoms with Gasteiger partial charge in [0, 0.05) is 12.0 Å². The number of aromatic nitrogens is 1. The molecule has 0 bridgehead atoms. The molecule has 0 spiro atoms. The van der Waals surface area contributed by atoms with Crippen LogP contribution in [0.25, 0.3) is 0 Å². The zero-order valence-electron chi connectivity index (χ0n) is 16.9. The molecule has 5 nitrogen and oxygen atoms in total. The highest BCUT2D eigenvalue weighted by Crippen LogP contribution is 2.25. The Bertz CT molecular complexity index is 909. The molecule has 0 saturated heterocycles. The topological polar surface area (TPSA) is 60.5 Å². The van der Waals surface area contributed by atoms with Crippen molar-refractivity contribution in [1.82, 2.24) is 10.3 Å². The van der Waals surface area contributed by atoms with E-state index in [9.17, 15) is 4.79 Å². The Morgan fingerprint density at radius 1 is 1.10 bits per heavy atom. The van der Waals surface area contributed by atoms with E-state index in [-0.39, 0.29) is 24.5 Å². The number of nitrogens with zero attached hydrogens (tertiary/aromatic N) is 1. The summed E-state index contributed by atoms with van der Waals surface area (Å²) >= 11 is 1.53. The predicted molar refractivity (Wildman–Crippen MR) is 115 cm³/mol. The Kier molecular flexibility index (Phi) is 7.38. The maximum absolute atomic E-state index is 12.8. The molecular weight excluding hydrogens is 384 g/mol. The molecular formula is C23H26N2O3S. The van der Waals surface area contributed by atoms with E-state index < -0.39 is 0 Å². The first-order chi connectivity index (χ1) is 14.1. The van der Waals surface area contributed by atoms with Crippen molar-refractivity contribution >= 4 is 17.2 Å². The van der Waals surface area contributed by atoms with Crippen molar-refractivity contribution in [3.63, 3.8) is 0 Å². The molecule has 29 heavy (non-hydrogen) atoms. The first-order valence-electron chi connectivity index (χ1n) is 9.64. The fourth-order valence-electron chi connectivity index (χ4n) is 3.09. The van der Waals surface area contributed by atoms with E-state index >= 15 is 0 Å². The van der Waals surface area contributed by atoms with Crippen molar-refractivity contribution in [3.8, 4) is 5.75 Å². The summed E-state index contributed by atoms with van der Waals surface area (Å²) in [7, 11) is 1.64. The number of carbonyl (C=O) groups excluding carboxylic acids is 1. The summed E-state index contributed by atoms with van der Waals surface area (Å²) in [5.41, 5.74) is 2.78. The predicted octanol–water partition coefficient (Wildman–Crippen LogP) is 4.70. The molecule has 3 rings (SSSR count). The Hall–Kier alpha value is -2.70. The van der Waals surface area contributed by atoms with E-state index in [1.807, 2.05) is 73.8 Å². The van der Waals surface area contributed by atoms with E-state index in [1.165, 1.54) is 11.3 Å². The lowest BCUT2D eigenvalue weighted by Crippen LogP contribution is -2.30. The standard InChI is InChI=1S/C23H26N2O3S/c1-4-28-16(2)23-24-19(15-29-23)14-21(26)25-22(17-8-6-5-7-9-17)18-10-12-20(27-3)13-11-18/h5-13,15-16,22H,4,14H2,1-3H3,(H,25,26). The normalized spacial score (nSPS) is 12.9. The summed E-state index contributed by atoms with van der Waals surface area (Å²) in [5.74, 6) is 0.709. The maximum atomic E-state index is 12.8. The van der Waals surface area contributed by atoms with Gasteiger partial charge in [0.2, 0.25) is 5.91 Å². The zero-order chi connectivity index (χ0) is 20.6. The highest BCUT2D eigenvalue weighted by Gasteiger charge is 2.18. The van der Waals surface area contributed by atoms with Crippen molar-refractivity contribution < 1.29 is 14.3 Å². The minimum atomic E-state index is -0.241. The van der Waals surface area contributed by atoms with Gasteiger partial charge in [-0.1, -0.05) is 42.5 Å². The molecule has 1 heterocycles. The number of benzene rings is 2. The SMILES string of the molecule is CCOC(C)c1nc(CC(=O)NC(c2ccccc2)c2ccc(OC)cc2)cs1. The van der Waals surface area contributed by atoms with Gasteiger partial charge in [0.25, 0.3) is 0 Å². The molecule has 0 radical (unpaired) electrons. The van der Waals surface area contributed by atoms with E-state index in [2.05, 4.69) is 10.3 Å². The molecule has 2 unspecified atom stereocenters. The lowest BCUT2D eigenvalue weighted by atomic mass is 9.98. The molecule has 152 valence electrons. The van der Waals surface area contributed by atoms with Crippen LogP contribution in [0.3, 0.4) is 0 Å². The van der Waals surface area contributed by atoms with Gasteiger partial charge in [-0.15, -0.1) is 11.3 Å². The second kappa shape index (κ2) is 10.2. The van der Waals surface area contributed by atoms with Crippen LogP contribution in [0, 0.1) is 0 Å². The van der Waals surface area contributed by atoms with Gasteiger partial charge >= 0.3 is 0 Å². The van der Waals surface area contributed by atoms with Crippen LogP contribution in [0.4, 0.5) is 0 Å². The fraction of sp³-hybridized carbons (Fsp3) is 0.304. The average molecular weight is 411 g/mol. The molecule has 0 saturated carbocycles. The number of amides is 1. The van der Waals surface area contributed by atoms with Gasteiger partial charge in [0.1, 0.15) is 16.9 Å². The van der Waals surface area contributed by atoms with Crippen LogP contribution in [0.5, 0.6) is 5.75 Å². The molecule has 0 fully saturated rings. The minimum Gasteiger partial charge on any atom is -0.497 e. The minimum absolute atomic E-state index is 0.0572. The third-order valence-corrected chi connectivity index (χ3v) is 5.62. The fourth-order valence-corrected chi connectivity index (χ4v) is 3.91. The number of rotatable bonds is 9. The number of carbonyl (C=O) groups is 1. The molecule has 3 aromatic rings. The van der Waals surface area contributed by atoms with E-state index in [0.717, 1.165) is 27.6 Å². The monoisotopic (exact) mass is 410 g/mol. The Morgan fingerprint density at radius 3 is 2.45 bits per heavy atom. The second-order valence-electron chi connectivity index (χ2n) is 6.64. The van der Waals surface area contributed by atoms with Gasteiger partial charge in [-0.3, -0.25) is 4.79 Å². The summed E-state index contributed by atoms with van der Waals surface area (Å²) in [6.07, 6.45) is 0.174. The lowest BCUT2D eigenvalue weighted by molar-refractivity contribution is -0.121. The van der Waals surface area contributed by atoms with Crippen LogP contribution >= 0.6 is 11.3 Å². The molecule has 2 atom stereocenters. The van der Waals surface area contributed by atoms with Crippen molar-refractivity contribution in [2.45, 2.75) is 32.4 Å². The maximum Gasteiger partial charge on any atom is 0.226 e. The lowest BCUT2D eigenvalue weighted by Gasteiger charge is -2.20. The molecule has 1 amide bonds. The van der Waals surface area contributed by atoms with Gasteiger partial charge in [0.05, 0.1) is 25.3 Å². The third kappa shape index (κ3) is 5.65. The quantitative estimate of drug-likeness (QED) is 0.556. The van der Waals surface area contributed by atoms with Crippen molar-refractivity contribution in [2.24, 2.45) is 0 Å². The Labute approximate surface area is 175 Å². The average Bonchev–Trinajstić information content (AvgIpc) is 3.21. The first kappa shape index (κ1) is 21.0. The summed E-state index contributed by atoms with van der Waals surface area (Å²) in [6, 6.07) is 17.4. The first-order valence-corrected chi connectivity index (χ1v) is 10.5. The Balaban J connectivity index is 1.74. The van der Waals surface area contributed by atoms with Gasteiger partial charge in [0.15, 0.2) is 0 Å². The number of ether oxygens (including phenoxy) is 2. The molecule has 1 N–H and O–H groups in total. The second-order valence-corrected chi connectivity index (χ2v) is 7.53. The molecule has 1 aromatic heterocycles. The summed E-state index contributed by atoms with van der Waals surface area (Å²) < 4.78 is 10.8. The highest BCUT2D eigenvalue weighted by molar-refractivity contribution is 7.09. The van der Waals surface area contributed by atoms with Crippen LogP contribution in [-0.2, 0) is 16.0 Å². The molecule has 0 aliphatic rings. The van der Waals surface area contributed by atoms with Crippen LogP contribution in [-0.4, -0.2) is 24.6 Å². The molecule has 6 heteroatoms. The largest absolute Gasteiger partial charge is 0.497 e. The van der Waals surface area contributed by atoms with E-state index in [1.54, 1.807) is 7.11 Å². The van der Waals surface area contributed by atoms with E-state index in [0.29, 0.717) is 6.61 Å². The van der Waals surface area contributed by atoms with Crippen molar-refractivity contribution in [1.29, 1.82) is 0 Å². The number of hydrogen-bond donors (Lipinski definition) is 1. The van der Waals surface area contributed by atoms with Crippen molar-refractivity contribution in [3.05, 3.63) is 81.8 Å². The summed E-state index contributed by atoms with van der Waals surface area (Å²) in [6.45, 7) is 4.57. The van der Waals surface area contributed by atoms with Crippen LogP contribution in [0.15, 0.2) is 60.0 Å². The smallest absolute Gasteiger partial charge is 0.226 e. The molecule has 0 aliphatic heterocycles. The van der Waals surface area contributed by atoms with Crippen LogP contribution in [0.2, 0.25) is 0 Å². The van der Waals surface area contributed by atoms with Gasteiger partial charge in [-0.05, 0) is 37.1 Å². The number of methoxy groups -OCH3 is 1. The molecule has 0 aliphatic carbocycles. The molecule has 2 aromatic carbocycles. The van der Waals surface area contributed by atoms with Gasteiger partial charge < -0.3 is 14.8 Å². The summed E-state index contributed by atoms with van der Waals surface area (Å²) in [5, 5.41) is 5.97. The van der Waals surface area contributed by atoms with Gasteiger partial charge in [-0.25, -0.2) is 4.98 Å². The summed E-state index contributed by atoms with van der Waals surface area (Å²) in [4.78, 5) is 17.4. The van der Waals surface area contributed by atoms with E-state index in [4.69, 9.17) is 9.47 Å². The Morgan fingerprint density at radius 2 is 1.79 bits per heavy atom.